The molecule has 1 aromatic rings. The quantitative estimate of drug-likeness (QED) is 0.366. The molecule has 0 heterocycles. The summed E-state index contributed by atoms with van der Waals surface area (Å²) in [6.45, 7) is 0. The smallest absolute Gasteiger partial charge is 0.451 e. The molecule has 0 amide bonds. The third-order valence-corrected chi connectivity index (χ3v) is 4.21. The van der Waals surface area contributed by atoms with Crippen molar-refractivity contribution in [2.75, 3.05) is 7.11 Å². The van der Waals surface area contributed by atoms with Gasteiger partial charge in [-0.2, -0.15) is 9.59 Å². The van der Waals surface area contributed by atoms with Gasteiger partial charge in [0.1, 0.15) is 5.75 Å². The summed E-state index contributed by atoms with van der Waals surface area (Å²) in [5.41, 5.74) is 7.43. The molecule has 0 aromatic heterocycles. The van der Waals surface area contributed by atoms with Gasteiger partial charge in [-0.3, -0.25) is 0 Å². The molecule has 0 bridgehead atoms. The number of aryl methyl sites for hydroxylation is 1. The molecule has 6 nitrogen and oxygen atoms in total. The van der Waals surface area contributed by atoms with Crippen LogP contribution >= 0.6 is 0 Å². The van der Waals surface area contributed by atoms with Gasteiger partial charge in [-0.25, -0.2) is 0 Å². The van der Waals surface area contributed by atoms with Crippen LogP contribution in [0, 0.1) is 0 Å². The van der Waals surface area contributed by atoms with Gasteiger partial charge in [-0.15, -0.1) is 0 Å². The Hall–Kier alpha value is -1.66. The average molecular weight is 365 g/mol. The highest BCUT2D eigenvalue weighted by Gasteiger charge is 2.07. The topological polar surface area (TPSA) is 110 Å². The van der Waals surface area contributed by atoms with Gasteiger partial charge in [-0.05, 0) is 49.7 Å². The molecule has 0 aliphatic carbocycles. The highest BCUT2D eigenvalue weighted by Crippen LogP contribution is 2.16. The van der Waals surface area contributed by atoms with Crippen LogP contribution in [0.15, 0.2) is 24.3 Å². The van der Waals surface area contributed by atoms with Crippen LogP contribution in [-0.2, 0) is 16.0 Å². The lowest BCUT2D eigenvalue weighted by molar-refractivity contribution is -0.191. The third-order valence-electron chi connectivity index (χ3n) is 4.21. The van der Waals surface area contributed by atoms with Crippen molar-refractivity contribution in [3.63, 3.8) is 0 Å². The second kappa shape index (κ2) is 16.8. The summed E-state index contributed by atoms with van der Waals surface area (Å²) in [7, 11) is 0.532. The number of methoxy groups -OCH3 is 1. The van der Waals surface area contributed by atoms with Crippen molar-refractivity contribution in [3.8, 4) is 5.75 Å². The van der Waals surface area contributed by atoms with E-state index < -0.39 is 7.12 Å². The Balaban J connectivity index is 0.00000194. The molecule has 0 aliphatic rings. The summed E-state index contributed by atoms with van der Waals surface area (Å²) in [5.74, 6) is 0.933. The molecule has 0 aliphatic heterocycles. The van der Waals surface area contributed by atoms with Crippen LogP contribution in [0.2, 0.25) is 6.32 Å². The molecule has 1 rings (SSSR count). The zero-order valence-electron chi connectivity index (χ0n) is 15.7. The average Bonchev–Trinajstić information content (AvgIpc) is 2.62. The molecule has 26 heavy (non-hydrogen) atoms. The van der Waals surface area contributed by atoms with Gasteiger partial charge >= 0.3 is 13.3 Å². The molecule has 7 heteroatoms. The Labute approximate surface area is 156 Å². The van der Waals surface area contributed by atoms with E-state index in [4.69, 9.17) is 30.1 Å². The summed E-state index contributed by atoms with van der Waals surface area (Å²) in [6, 6.07) is 8.54. The van der Waals surface area contributed by atoms with Crippen LogP contribution in [0.25, 0.3) is 0 Å². The summed E-state index contributed by atoms with van der Waals surface area (Å²) in [4.78, 5) is 16.2. The number of ether oxygens (including phenoxy) is 1. The van der Waals surface area contributed by atoms with Crippen LogP contribution < -0.4 is 10.5 Å². The largest absolute Gasteiger partial charge is 0.497 e. The molecular weight excluding hydrogens is 333 g/mol. The zero-order chi connectivity index (χ0) is 19.6. The monoisotopic (exact) mass is 365 g/mol. The van der Waals surface area contributed by atoms with Crippen molar-refractivity contribution < 1.29 is 24.4 Å². The number of rotatable bonds is 13. The number of unbranched alkanes of at least 4 members (excludes halogenated alkanes) is 4. The Morgan fingerprint density at radius 3 is 2.31 bits per heavy atom. The van der Waals surface area contributed by atoms with Gasteiger partial charge in [0, 0.05) is 6.04 Å². The van der Waals surface area contributed by atoms with Crippen molar-refractivity contribution in [2.45, 2.75) is 70.1 Å². The Morgan fingerprint density at radius 2 is 1.69 bits per heavy atom. The van der Waals surface area contributed by atoms with E-state index in [9.17, 15) is 0 Å². The number of carbonyl (C=O) groups excluding carboxylic acids is 2. The molecule has 146 valence electrons. The summed E-state index contributed by atoms with van der Waals surface area (Å²) in [5, 5.41) is 17.5. The van der Waals surface area contributed by atoms with Crippen LogP contribution in [0.4, 0.5) is 0 Å². The maximum Gasteiger partial charge on any atom is 0.451 e. The van der Waals surface area contributed by atoms with Gasteiger partial charge < -0.3 is 20.5 Å². The number of hydrogen-bond acceptors (Lipinski definition) is 6. The first-order valence-electron chi connectivity index (χ1n) is 9.27. The fourth-order valence-electron chi connectivity index (χ4n) is 2.79. The Bertz CT molecular complexity index is 493. The minimum absolute atomic E-state index is 0.250. The molecule has 0 saturated heterocycles. The molecule has 1 atom stereocenters. The van der Waals surface area contributed by atoms with Gasteiger partial charge in [0.2, 0.25) is 0 Å². The fraction of sp³-hybridized carbons (Fsp3) is 0.632. The van der Waals surface area contributed by atoms with Crippen molar-refractivity contribution >= 4 is 13.3 Å². The van der Waals surface area contributed by atoms with Crippen LogP contribution in [0.1, 0.15) is 56.9 Å². The fourth-order valence-corrected chi connectivity index (χ4v) is 2.79. The maximum absolute atomic E-state index is 8.77. The lowest BCUT2D eigenvalue weighted by atomic mass is 9.83. The molecule has 4 N–H and O–H groups in total. The van der Waals surface area contributed by atoms with E-state index in [2.05, 4.69) is 12.1 Å². The van der Waals surface area contributed by atoms with Crippen molar-refractivity contribution in [1.29, 1.82) is 0 Å². The van der Waals surface area contributed by atoms with Gasteiger partial charge in [0.25, 0.3) is 0 Å². The van der Waals surface area contributed by atoms with E-state index >= 15 is 0 Å². The lowest BCUT2D eigenvalue weighted by Gasteiger charge is -2.11. The molecule has 0 fully saturated rings. The van der Waals surface area contributed by atoms with E-state index in [0.717, 1.165) is 37.9 Å². The van der Waals surface area contributed by atoms with Crippen LogP contribution in [-0.4, -0.2) is 36.5 Å². The highest BCUT2D eigenvalue weighted by molar-refractivity contribution is 6.40. The van der Waals surface area contributed by atoms with E-state index in [1.54, 1.807) is 7.11 Å². The third kappa shape index (κ3) is 14.7. The lowest BCUT2D eigenvalue weighted by Crippen LogP contribution is -2.19. The molecular formula is C19H32BNO5. The van der Waals surface area contributed by atoms with E-state index in [1.165, 1.54) is 31.2 Å². The summed E-state index contributed by atoms with van der Waals surface area (Å²) < 4.78 is 5.24. The van der Waals surface area contributed by atoms with Gasteiger partial charge in [0.15, 0.2) is 0 Å². The SMILES string of the molecule is COc1cccc(CCCCCCC(N)CCCCB(O)O)c1.O=C=O. The Morgan fingerprint density at radius 1 is 1.08 bits per heavy atom. The van der Waals surface area contributed by atoms with Crippen molar-refractivity contribution in [3.05, 3.63) is 29.8 Å². The van der Waals surface area contributed by atoms with E-state index in [-0.39, 0.29) is 12.2 Å². The summed E-state index contributed by atoms with van der Waals surface area (Å²) >= 11 is 0. The summed E-state index contributed by atoms with van der Waals surface area (Å²) in [6.07, 6.45) is 10.5. The normalized spacial score (nSPS) is 11.1. The first-order chi connectivity index (χ1) is 12.5. The maximum atomic E-state index is 8.77. The highest BCUT2D eigenvalue weighted by atomic mass is 16.5. The molecule has 0 spiro atoms. The molecule has 0 saturated carbocycles. The number of nitrogens with two attached hydrogens (primary N) is 1. The second-order valence-electron chi connectivity index (χ2n) is 6.41. The standard InChI is InChI=1S/C18H32BNO3.CO2/c1-23-18-13-8-10-16(15-18)9-4-2-3-5-11-17(20)12-6-7-14-19(21)22;2-1-3/h8,10,13,15,17,21-22H,2-7,9,11-12,14,20H2,1H3;. The zero-order valence-corrected chi connectivity index (χ0v) is 15.7. The number of benzene rings is 1. The minimum atomic E-state index is -1.17. The first kappa shape index (κ1) is 24.3. The Kier molecular flexibility index (Phi) is 15.7. The predicted molar refractivity (Wildman–Crippen MR) is 102 cm³/mol. The van der Waals surface area contributed by atoms with Crippen molar-refractivity contribution in [1.82, 2.24) is 0 Å². The van der Waals surface area contributed by atoms with Gasteiger partial charge in [0.05, 0.1) is 7.11 Å². The van der Waals surface area contributed by atoms with Gasteiger partial charge in [-0.1, -0.05) is 44.2 Å². The van der Waals surface area contributed by atoms with E-state index in [1.807, 2.05) is 12.1 Å². The first-order valence-corrected chi connectivity index (χ1v) is 9.27. The molecule has 1 unspecified atom stereocenters. The number of hydrogen-bond donors (Lipinski definition) is 3. The predicted octanol–water partition coefficient (Wildman–Crippen LogP) is 2.58. The molecule has 1 aromatic carbocycles. The molecule has 0 radical (unpaired) electrons. The van der Waals surface area contributed by atoms with Crippen LogP contribution in [0.3, 0.4) is 0 Å². The second-order valence-corrected chi connectivity index (χ2v) is 6.41. The van der Waals surface area contributed by atoms with Crippen LogP contribution in [0.5, 0.6) is 5.75 Å². The van der Waals surface area contributed by atoms with Crippen molar-refractivity contribution in [2.24, 2.45) is 5.73 Å². The van der Waals surface area contributed by atoms with E-state index in [0.29, 0.717) is 6.32 Å². The minimum Gasteiger partial charge on any atom is -0.497 e.